The van der Waals surface area contributed by atoms with E-state index in [-0.39, 0.29) is 28.5 Å². The third-order valence-corrected chi connectivity index (χ3v) is 2.89. The van der Waals surface area contributed by atoms with Gasteiger partial charge in [-0.1, -0.05) is 26.8 Å². The molecule has 4 heteroatoms. The van der Waals surface area contributed by atoms with Crippen molar-refractivity contribution >= 4 is 5.91 Å². The summed E-state index contributed by atoms with van der Waals surface area (Å²) in [6.07, 6.45) is 0. The molecule has 0 aliphatic rings. The maximum atomic E-state index is 11.9. The molecule has 0 aliphatic heterocycles. The molecule has 0 heterocycles. The van der Waals surface area contributed by atoms with E-state index < -0.39 is 5.91 Å². The van der Waals surface area contributed by atoms with Crippen LogP contribution in [-0.4, -0.2) is 22.2 Å². The van der Waals surface area contributed by atoms with Gasteiger partial charge in [0.1, 0.15) is 17.1 Å². The van der Waals surface area contributed by atoms with Crippen LogP contribution in [0.4, 0.5) is 0 Å². The van der Waals surface area contributed by atoms with E-state index in [1.165, 1.54) is 18.2 Å². The lowest BCUT2D eigenvalue weighted by Gasteiger charge is -2.28. The lowest BCUT2D eigenvalue weighted by molar-refractivity contribution is 0.0904. The fraction of sp³-hybridized carbons (Fsp3) is 0.462. The van der Waals surface area contributed by atoms with Gasteiger partial charge in [-0.25, -0.2) is 0 Å². The van der Waals surface area contributed by atoms with Gasteiger partial charge in [0, 0.05) is 6.04 Å². The van der Waals surface area contributed by atoms with Crippen LogP contribution in [0.5, 0.6) is 11.5 Å². The van der Waals surface area contributed by atoms with Crippen molar-refractivity contribution in [2.24, 2.45) is 5.41 Å². The molecule has 1 aromatic carbocycles. The van der Waals surface area contributed by atoms with Gasteiger partial charge >= 0.3 is 0 Å². The Kier molecular flexibility index (Phi) is 3.66. The predicted octanol–water partition coefficient (Wildman–Crippen LogP) is 2.26. The highest BCUT2D eigenvalue weighted by molar-refractivity contribution is 5.99. The molecule has 1 rings (SSSR count). The minimum Gasteiger partial charge on any atom is -0.507 e. The average molecular weight is 237 g/mol. The molecule has 0 bridgehead atoms. The fourth-order valence-corrected chi connectivity index (χ4v) is 1.25. The van der Waals surface area contributed by atoms with E-state index >= 15 is 0 Å². The van der Waals surface area contributed by atoms with Crippen molar-refractivity contribution < 1.29 is 15.0 Å². The van der Waals surface area contributed by atoms with E-state index in [4.69, 9.17) is 0 Å². The molecule has 3 N–H and O–H groups in total. The maximum absolute atomic E-state index is 11.9. The number of hydrogen-bond donors (Lipinski definition) is 3. The topological polar surface area (TPSA) is 69.6 Å². The monoisotopic (exact) mass is 237 g/mol. The summed E-state index contributed by atoms with van der Waals surface area (Å²) in [6, 6.07) is 4.15. The molecule has 1 atom stereocenters. The average Bonchev–Trinajstić information content (AvgIpc) is 2.15. The van der Waals surface area contributed by atoms with Crippen molar-refractivity contribution in [2.45, 2.75) is 33.7 Å². The van der Waals surface area contributed by atoms with Gasteiger partial charge in [0.25, 0.3) is 5.91 Å². The van der Waals surface area contributed by atoms with Crippen LogP contribution in [0.25, 0.3) is 0 Å². The number of benzene rings is 1. The van der Waals surface area contributed by atoms with Gasteiger partial charge in [-0.15, -0.1) is 0 Å². The molecule has 0 spiro atoms. The first kappa shape index (κ1) is 13.4. The Bertz CT molecular complexity index is 401. The zero-order valence-corrected chi connectivity index (χ0v) is 10.6. The molecule has 17 heavy (non-hydrogen) atoms. The second-order valence-corrected chi connectivity index (χ2v) is 5.23. The number of phenolic OH excluding ortho intramolecular Hbond substituents is 2. The van der Waals surface area contributed by atoms with E-state index in [0.29, 0.717) is 0 Å². The summed E-state index contributed by atoms with van der Waals surface area (Å²) < 4.78 is 0. The molecule has 1 aromatic rings. The number of phenols is 2. The maximum Gasteiger partial charge on any atom is 0.259 e. The van der Waals surface area contributed by atoms with Gasteiger partial charge in [0.2, 0.25) is 0 Å². The molecule has 0 aliphatic carbocycles. The summed E-state index contributed by atoms with van der Waals surface area (Å²) in [5.74, 6) is -0.907. The van der Waals surface area contributed by atoms with Crippen molar-refractivity contribution in [3.8, 4) is 11.5 Å². The van der Waals surface area contributed by atoms with Crippen LogP contribution in [0.2, 0.25) is 0 Å². The summed E-state index contributed by atoms with van der Waals surface area (Å²) in [6.45, 7) is 7.89. The van der Waals surface area contributed by atoms with Crippen LogP contribution in [0.1, 0.15) is 38.1 Å². The van der Waals surface area contributed by atoms with Gasteiger partial charge in [0.15, 0.2) is 0 Å². The first-order chi connectivity index (χ1) is 7.73. The van der Waals surface area contributed by atoms with Crippen LogP contribution in [0.15, 0.2) is 18.2 Å². The number of aromatic hydroxyl groups is 2. The first-order valence-electron chi connectivity index (χ1n) is 5.55. The van der Waals surface area contributed by atoms with Crippen LogP contribution in [0, 0.1) is 5.41 Å². The molecule has 1 unspecified atom stereocenters. The molecular weight excluding hydrogens is 218 g/mol. The second-order valence-electron chi connectivity index (χ2n) is 5.23. The Hall–Kier alpha value is -1.71. The number of carbonyl (C=O) groups excluding carboxylic acids is 1. The summed E-state index contributed by atoms with van der Waals surface area (Å²) >= 11 is 0. The summed E-state index contributed by atoms with van der Waals surface area (Å²) in [5.41, 5.74) is -0.168. The van der Waals surface area contributed by atoms with Crippen molar-refractivity contribution in [3.63, 3.8) is 0 Å². The minimum absolute atomic E-state index is 0.0750. The second kappa shape index (κ2) is 4.65. The highest BCUT2D eigenvalue weighted by Crippen LogP contribution is 2.27. The van der Waals surface area contributed by atoms with Crippen molar-refractivity contribution in [2.75, 3.05) is 0 Å². The summed E-state index contributed by atoms with van der Waals surface area (Å²) in [4.78, 5) is 11.9. The lowest BCUT2D eigenvalue weighted by Crippen LogP contribution is -2.41. The van der Waals surface area contributed by atoms with E-state index in [2.05, 4.69) is 5.32 Å². The van der Waals surface area contributed by atoms with Gasteiger partial charge in [0.05, 0.1) is 0 Å². The molecular formula is C13H19NO3. The van der Waals surface area contributed by atoms with E-state index in [0.717, 1.165) is 0 Å². The highest BCUT2D eigenvalue weighted by atomic mass is 16.3. The molecule has 94 valence electrons. The highest BCUT2D eigenvalue weighted by Gasteiger charge is 2.24. The Morgan fingerprint density at radius 1 is 1.24 bits per heavy atom. The Morgan fingerprint density at radius 3 is 2.12 bits per heavy atom. The summed E-state index contributed by atoms with van der Waals surface area (Å²) in [5, 5.41) is 21.9. The number of hydrogen-bond acceptors (Lipinski definition) is 3. The minimum atomic E-state index is -0.469. The molecule has 0 radical (unpaired) electrons. The first-order valence-corrected chi connectivity index (χ1v) is 5.55. The smallest absolute Gasteiger partial charge is 0.259 e. The Balaban J connectivity index is 2.92. The van der Waals surface area contributed by atoms with Gasteiger partial charge < -0.3 is 15.5 Å². The third-order valence-electron chi connectivity index (χ3n) is 2.89. The Morgan fingerprint density at radius 2 is 1.71 bits per heavy atom. The van der Waals surface area contributed by atoms with Crippen molar-refractivity contribution in [1.29, 1.82) is 0 Å². The number of rotatable bonds is 2. The number of amides is 1. The van der Waals surface area contributed by atoms with Gasteiger partial charge in [-0.2, -0.15) is 0 Å². The van der Waals surface area contributed by atoms with E-state index in [9.17, 15) is 15.0 Å². The van der Waals surface area contributed by atoms with Crippen LogP contribution in [0.3, 0.4) is 0 Å². The van der Waals surface area contributed by atoms with Crippen LogP contribution in [-0.2, 0) is 0 Å². The standard InChI is InChI=1S/C13H19NO3/c1-8(13(2,3)4)14-12(17)11-9(15)6-5-7-10(11)16/h5-8,15-16H,1-4H3,(H,14,17). The van der Waals surface area contributed by atoms with Crippen molar-refractivity contribution in [3.05, 3.63) is 23.8 Å². The van der Waals surface area contributed by atoms with Gasteiger partial charge in [-0.05, 0) is 24.5 Å². The van der Waals surface area contributed by atoms with E-state index in [1.54, 1.807) is 0 Å². The molecule has 0 aromatic heterocycles. The molecule has 1 amide bonds. The predicted molar refractivity (Wildman–Crippen MR) is 66.2 cm³/mol. The molecule has 0 saturated heterocycles. The lowest BCUT2D eigenvalue weighted by atomic mass is 9.88. The third kappa shape index (κ3) is 3.12. The van der Waals surface area contributed by atoms with Gasteiger partial charge in [-0.3, -0.25) is 4.79 Å². The largest absolute Gasteiger partial charge is 0.507 e. The molecule has 0 fully saturated rings. The summed E-state index contributed by atoms with van der Waals surface area (Å²) in [7, 11) is 0. The quantitative estimate of drug-likeness (QED) is 0.739. The van der Waals surface area contributed by atoms with E-state index in [1.807, 2.05) is 27.7 Å². The zero-order chi connectivity index (χ0) is 13.2. The SMILES string of the molecule is CC(NC(=O)c1c(O)cccc1O)C(C)(C)C. The Labute approximate surface area is 101 Å². The number of carbonyl (C=O) groups is 1. The number of nitrogens with one attached hydrogen (secondary N) is 1. The van der Waals surface area contributed by atoms with Crippen LogP contribution < -0.4 is 5.32 Å². The van der Waals surface area contributed by atoms with Crippen LogP contribution >= 0.6 is 0 Å². The fourth-order valence-electron chi connectivity index (χ4n) is 1.25. The molecule has 4 nitrogen and oxygen atoms in total. The zero-order valence-electron chi connectivity index (χ0n) is 10.6. The molecule has 0 saturated carbocycles. The normalized spacial score (nSPS) is 13.2. The van der Waals surface area contributed by atoms with Crippen molar-refractivity contribution in [1.82, 2.24) is 5.32 Å².